The van der Waals surface area contributed by atoms with Crippen LogP contribution in [0.1, 0.15) is 56.1 Å². The quantitative estimate of drug-likeness (QED) is 0.675. The number of carbonyl (C=O) groups is 1. The van der Waals surface area contributed by atoms with Gasteiger partial charge >= 0.3 is 0 Å². The van der Waals surface area contributed by atoms with Crippen LogP contribution >= 0.6 is 0 Å². The number of carbonyl (C=O) groups excluding carboxylic acids is 1. The minimum atomic E-state index is -0.315. The minimum Gasteiger partial charge on any atom is -0.360 e. The van der Waals surface area contributed by atoms with Crippen molar-refractivity contribution < 1.29 is 9.53 Å². The Hall–Kier alpha value is -1.15. The van der Waals surface area contributed by atoms with Gasteiger partial charge in [-0.25, -0.2) is 0 Å². The van der Waals surface area contributed by atoms with Gasteiger partial charge in [0.2, 0.25) is 0 Å². The summed E-state index contributed by atoms with van der Waals surface area (Å²) >= 11 is 0. The van der Waals surface area contributed by atoms with E-state index in [-0.39, 0.29) is 17.0 Å². The number of ketones is 1. The van der Waals surface area contributed by atoms with Crippen molar-refractivity contribution in [2.75, 3.05) is 0 Å². The fraction of sp³-hybridized carbons (Fsp3) is 0.500. The second-order valence-corrected chi connectivity index (χ2v) is 5.44. The number of Topliss-reactive ketones (excluding diaryl/α,β-unsaturated/α-hetero) is 1. The molecule has 16 heavy (non-hydrogen) atoms. The molecule has 0 atom stereocenters. The summed E-state index contributed by atoms with van der Waals surface area (Å²) in [6.07, 6.45) is 0. The van der Waals surface area contributed by atoms with Crippen LogP contribution in [0.15, 0.2) is 18.2 Å². The Morgan fingerprint density at radius 2 is 1.62 bits per heavy atom. The third-order valence-electron chi connectivity index (χ3n) is 3.23. The van der Waals surface area contributed by atoms with E-state index in [4.69, 9.17) is 4.74 Å². The molecule has 0 saturated heterocycles. The molecule has 0 unspecified atom stereocenters. The SMILES string of the molecule is CC(=O)c1ccc2c(c1)C(C)(C)OC2(C)C. The second kappa shape index (κ2) is 3.17. The van der Waals surface area contributed by atoms with Gasteiger partial charge in [-0.2, -0.15) is 0 Å². The fourth-order valence-electron chi connectivity index (χ4n) is 2.53. The molecule has 0 aromatic heterocycles. The van der Waals surface area contributed by atoms with Gasteiger partial charge in [-0.05, 0) is 51.8 Å². The van der Waals surface area contributed by atoms with Crippen molar-refractivity contribution in [1.29, 1.82) is 0 Å². The van der Waals surface area contributed by atoms with Crippen molar-refractivity contribution in [2.45, 2.75) is 45.8 Å². The number of hydrogen-bond acceptors (Lipinski definition) is 2. The lowest BCUT2D eigenvalue weighted by Gasteiger charge is -2.24. The third-order valence-corrected chi connectivity index (χ3v) is 3.23. The molecule has 0 aliphatic carbocycles. The van der Waals surface area contributed by atoms with Gasteiger partial charge in [-0.3, -0.25) is 4.79 Å². The Morgan fingerprint density at radius 1 is 1.06 bits per heavy atom. The summed E-state index contributed by atoms with van der Waals surface area (Å²) in [6.45, 7) is 9.81. The number of benzene rings is 1. The Labute approximate surface area is 96.6 Å². The van der Waals surface area contributed by atoms with Gasteiger partial charge < -0.3 is 4.74 Å². The maximum absolute atomic E-state index is 11.4. The van der Waals surface area contributed by atoms with E-state index >= 15 is 0 Å². The van der Waals surface area contributed by atoms with Crippen LogP contribution < -0.4 is 0 Å². The zero-order chi connectivity index (χ0) is 12.1. The maximum Gasteiger partial charge on any atom is 0.159 e. The summed E-state index contributed by atoms with van der Waals surface area (Å²) in [6, 6.07) is 5.86. The molecule has 2 nitrogen and oxygen atoms in total. The molecule has 86 valence electrons. The highest BCUT2D eigenvalue weighted by molar-refractivity contribution is 5.94. The molecule has 0 saturated carbocycles. The molecular weight excluding hydrogens is 200 g/mol. The number of rotatable bonds is 1. The Balaban J connectivity index is 2.63. The van der Waals surface area contributed by atoms with E-state index in [2.05, 4.69) is 13.8 Å². The second-order valence-electron chi connectivity index (χ2n) is 5.44. The molecule has 1 heterocycles. The van der Waals surface area contributed by atoms with Gasteiger partial charge in [0.15, 0.2) is 5.78 Å². The smallest absolute Gasteiger partial charge is 0.159 e. The molecule has 2 rings (SSSR count). The van der Waals surface area contributed by atoms with Crippen molar-refractivity contribution in [3.63, 3.8) is 0 Å². The van der Waals surface area contributed by atoms with Crippen LogP contribution in [0.3, 0.4) is 0 Å². The van der Waals surface area contributed by atoms with Crippen molar-refractivity contribution in [3.8, 4) is 0 Å². The first-order valence-electron chi connectivity index (χ1n) is 5.60. The van der Waals surface area contributed by atoms with Crippen LogP contribution in [0.5, 0.6) is 0 Å². The molecule has 0 radical (unpaired) electrons. The summed E-state index contributed by atoms with van der Waals surface area (Å²) in [5.41, 5.74) is 2.49. The summed E-state index contributed by atoms with van der Waals surface area (Å²) in [5.74, 6) is 0.100. The molecule has 1 aromatic rings. The van der Waals surface area contributed by atoms with Crippen LogP contribution in [0.4, 0.5) is 0 Å². The lowest BCUT2D eigenvalue weighted by Crippen LogP contribution is -2.22. The molecule has 0 spiro atoms. The first-order valence-corrected chi connectivity index (χ1v) is 5.60. The van der Waals surface area contributed by atoms with Crippen LogP contribution in [0.25, 0.3) is 0 Å². The van der Waals surface area contributed by atoms with Crippen LogP contribution in [0, 0.1) is 0 Å². The molecule has 1 aromatic carbocycles. The van der Waals surface area contributed by atoms with Crippen molar-refractivity contribution in [1.82, 2.24) is 0 Å². The van der Waals surface area contributed by atoms with Crippen LogP contribution in [-0.2, 0) is 15.9 Å². The first-order chi connectivity index (χ1) is 7.24. The molecule has 0 amide bonds. The monoisotopic (exact) mass is 218 g/mol. The zero-order valence-corrected chi connectivity index (χ0v) is 10.5. The highest BCUT2D eigenvalue weighted by Crippen LogP contribution is 2.46. The van der Waals surface area contributed by atoms with Crippen LogP contribution in [-0.4, -0.2) is 5.78 Å². The van der Waals surface area contributed by atoms with Crippen LogP contribution in [0.2, 0.25) is 0 Å². The summed E-state index contributed by atoms with van der Waals surface area (Å²) in [5, 5.41) is 0. The van der Waals surface area contributed by atoms with E-state index in [1.54, 1.807) is 6.92 Å². The van der Waals surface area contributed by atoms with E-state index in [0.717, 1.165) is 11.1 Å². The Bertz CT molecular complexity index is 456. The van der Waals surface area contributed by atoms with E-state index < -0.39 is 0 Å². The number of fused-ring (bicyclic) bond motifs is 1. The summed E-state index contributed by atoms with van der Waals surface area (Å²) in [7, 11) is 0. The van der Waals surface area contributed by atoms with Gasteiger partial charge in [0.1, 0.15) is 0 Å². The van der Waals surface area contributed by atoms with E-state index in [1.165, 1.54) is 5.56 Å². The Kier molecular flexibility index (Phi) is 2.25. The topological polar surface area (TPSA) is 26.3 Å². The van der Waals surface area contributed by atoms with E-state index in [9.17, 15) is 4.79 Å². The lowest BCUT2D eigenvalue weighted by atomic mass is 9.89. The average molecular weight is 218 g/mol. The molecule has 0 bridgehead atoms. The molecule has 1 aliphatic heterocycles. The molecule has 0 N–H and O–H groups in total. The molecule has 2 heteroatoms. The largest absolute Gasteiger partial charge is 0.360 e. The fourth-order valence-corrected chi connectivity index (χ4v) is 2.53. The lowest BCUT2D eigenvalue weighted by molar-refractivity contribution is -0.105. The Morgan fingerprint density at radius 3 is 2.19 bits per heavy atom. The highest BCUT2D eigenvalue weighted by Gasteiger charge is 2.42. The van der Waals surface area contributed by atoms with E-state index in [1.807, 2.05) is 32.0 Å². The normalized spacial score (nSPS) is 20.6. The predicted octanol–water partition coefficient (Wildman–Crippen LogP) is 3.39. The standard InChI is InChI=1S/C14H18O2/c1-9(15)10-6-7-11-12(8-10)14(4,5)16-13(11,2)3/h6-8H,1-5H3. The maximum atomic E-state index is 11.4. The van der Waals surface area contributed by atoms with E-state index in [0.29, 0.717) is 0 Å². The van der Waals surface area contributed by atoms with Crippen molar-refractivity contribution >= 4 is 5.78 Å². The minimum absolute atomic E-state index is 0.100. The number of ether oxygens (including phenoxy) is 1. The van der Waals surface area contributed by atoms with Gasteiger partial charge in [-0.1, -0.05) is 12.1 Å². The zero-order valence-electron chi connectivity index (χ0n) is 10.5. The summed E-state index contributed by atoms with van der Waals surface area (Å²) in [4.78, 5) is 11.4. The first kappa shape index (κ1) is 11.3. The van der Waals surface area contributed by atoms with Gasteiger partial charge in [0.25, 0.3) is 0 Å². The van der Waals surface area contributed by atoms with Gasteiger partial charge in [0, 0.05) is 5.56 Å². The third kappa shape index (κ3) is 1.57. The molecular formula is C14H18O2. The highest BCUT2D eigenvalue weighted by atomic mass is 16.5. The molecule has 0 fully saturated rings. The predicted molar refractivity (Wildman–Crippen MR) is 63.6 cm³/mol. The summed E-state index contributed by atoms with van der Waals surface area (Å²) < 4.78 is 6.03. The van der Waals surface area contributed by atoms with Gasteiger partial charge in [-0.15, -0.1) is 0 Å². The number of hydrogen-bond donors (Lipinski definition) is 0. The average Bonchev–Trinajstić information content (AvgIpc) is 2.32. The molecule has 1 aliphatic rings. The van der Waals surface area contributed by atoms with Gasteiger partial charge in [0.05, 0.1) is 11.2 Å². The van der Waals surface area contributed by atoms with Crippen molar-refractivity contribution in [3.05, 3.63) is 34.9 Å². The van der Waals surface area contributed by atoms with Crippen molar-refractivity contribution in [2.24, 2.45) is 0 Å².